The maximum Gasteiger partial charge on any atom is 0.273 e. The summed E-state index contributed by atoms with van der Waals surface area (Å²) < 4.78 is 14.9. The van der Waals surface area contributed by atoms with Crippen molar-refractivity contribution < 1.29 is 9.18 Å². The Bertz CT molecular complexity index is 1150. The van der Waals surface area contributed by atoms with E-state index in [4.69, 9.17) is 0 Å². The van der Waals surface area contributed by atoms with Gasteiger partial charge in [0.05, 0.1) is 11.4 Å². The summed E-state index contributed by atoms with van der Waals surface area (Å²) in [7, 11) is 0. The molecule has 0 atom stereocenters. The molecule has 0 aliphatic rings. The van der Waals surface area contributed by atoms with Crippen molar-refractivity contribution in [3.05, 3.63) is 95.8 Å². The van der Waals surface area contributed by atoms with Crippen LogP contribution in [0.4, 0.5) is 4.39 Å². The highest BCUT2D eigenvalue weighted by molar-refractivity contribution is 7.98. The fourth-order valence-corrected chi connectivity index (χ4v) is 3.91. The van der Waals surface area contributed by atoms with Gasteiger partial charge in [0.15, 0.2) is 10.9 Å². The number of hydrogen-bond donors (Lipinski definition) is 1. The van der Waals surface area contributed by atoms with Crippen LogP contribution in [0.3, 0.4) is 0 Å². The predicted octanol–water partition coefficient (Wildman–Crippen LogP) is 3.85. The van der Waals surface area contributed by atoms with Crippen molar-refractivity contribution in [3.8, 4) is 5.69 Å². The monoisotopic (exact) mass is 448 g/mol. The Morgan fingerprint density at radius 2 is 1.75 bits per heavy atom. The van der Waals surface area contributed by atoms with E-state index in [0.717, 1.165) is 12.8 Å². The van der Waals surface area contributed by atoms with E-state index < -0.39 is 0 Å². The first-order valence-electron chi connectivity index (χ1n) is 10.1. The lowest BCUT2D eigenvalue weighted by atomic mass is 10.1. The molecule has 0 aliphatic heterocycles. The molecule has 2 heterocycles. The third-order valence-corrected chi connectivity index (χ3v) is 5.59. The Morgan fingerprint density at radius 3 is 2.50 bits per heavy atom. The fraction of sp³-hybridized carbons (Fsp3) is 0.174. The Balaban J connectivity index is 1.48. The second-order valence-electron chi connectivity index (χ2n) is 6.94. The van der Waals surface area contributed by atoms with E-state index in [0.29, 0.717) is 28.8 Å². The molecule has 1 amide bonds. The Kier molecular flexibility index (Phi) is 7.19. The number of nitrogens with zero attached hydrogens (tertiary/aromatic N) is 5. The Morgan fingerprint density at radius 1 is 1.00 bits per heavy atom. The highest BCUT2D eigenvalue weighted by Gasteiger charge is 2.21. The largest absolute Gasteiger partial charge is 0.351 e. The highest BCUT2D eigenvalue weighted by Crippen LogP contribution is 2.23. The SMILES string of the molecule is O=C(NCCCc1ccccc1)c1nnn(-c2ccc(F)cc2)c1CSc1ncccn1. The molecule has 162 valence electrons. The standard InChI is InChI=1S/C23H21FN6OS/c24-18-9-11-19(12-10-18)30-20(16-32-23-26-14-5-15-27-23)21(28-29-30)22(31)25-13-4-8-17-6-2-1-3-7-17/h1-3,5-7,9-12,14-15H,4,8,13,16H2,(H,25,31). The van der Waals surface area contributed by atoms with Gasteiger partial charge in [-0.15, -0.1) is 5.10 Å². The normalized spacial score (nSPS) is 10.8. The summed E-state index contributed by atoms with van der Waals surface area (Å²) in [4.78, 5) is 21.3. The van der Waals surface area contributed by atoms with Crippen LogP contribution in [-0.4, -0.2) is 37.4 Å². The number of carbonyl (C=O) groups excluding carboxylic acids is 1. The summed E-state index contributed by atoms with van der Waals surface area (Å²) in [6.07, 6.45) is 5.00. The minimum absolute atomic E-state index is 0.234. The summed E-state index contributed by atoms with van der Waals surface area (Å²) in [6, 6.07) is 17.7. The number of thioether (sulfide) groups is 1. The lowest BCUT2D eigenvalue weighted by molar-refractivity contribution is 0.0947. The first-order chi connectivity index (χ1) is 15.7. The van der Waals surface area contributed by atoms with E-state index in [2.05, 4.69) is 37.7 Å². The second-order valence-corrected chi connectivity index (χ2v) is 7.88. The number of aromatic nitrogens is 5. The van der Waals surface area contributed by atoms with Crippen LogP contribution in [0.1, 0.15) is 28.2 Å². The lowest BCUT2D eigenvalue weighted by Gasteiger charge is -2.08. The van der Waals surface area contributed by atoms with Crippen molar-refractivity contribution in [2.75, 3.05) is 6.54 Å². The second kappa shape index (κ2) is 10.6. The van der Waals surface area contributed by atoms with Crippen LogP contribution < -0.4 is 5.32 Å². The van der Waals surface area contributed by atoms with Gasteiger partial charge in [0, 0.05) is 24.7 Å². The zero-order valence-corrected chi connectivity index (χ0v) is 18.0. The summed E-state index contributed by atoms with van der Waals surface area (Å²) in [5, 5.41) is 11.8. The van der Waals surface area contributed by atoms with Crippen LogP contribution in [0.15, 0.2) is 78.2 Å². The van der Waals surface area contributed by atoms with Gasteiger partial charge < -0.3 is 5.32 Å². The van der Waals surface area contributed by atoms with E-state index in [1.165, 1.54) is 29.5 Å². The van der Waals surface area contributed by atoms with Gasteiger partial charge in [-0.3, -0.25) is 4.79 Å². The van der Waals surface area contributed by atoms with Crippen molar-refractivity contribution >= 4 is 17.7 Å². The van der Waals surface area contributed by atoms with Gasteiger partial charge in [-0.25, -0.2) is 19.0 Å². The molecule has 0 fully saturated rings. The number of carbonyl (C=O) groups is 1. The Labute approximate surface area is 189 Å². The van der Waals surface area contributed by atoms with E-state index in [9.17, 15) is 9.18 Å². The first kappa shape index (κ1) is 21.6. The number of benzene rings is 2. The van der Waals surface area contributed by atoms with Gasteiger partial charge in [0.1, 0.15) is 5.82 Å². The molecular formula is C23H21FN6OS. The van der Waals surface area contributed by atoms with Crippen LogP contribution >= 0.6 is 11.8 Å². The molecule has 0 radical (unpaired) electrons. The van der Waals surface area contributed by atoms with Crippen LogP contribution in [-0.2, 0) is 12.2 Å². The molecule has 0 bridgehead atoms. The molecule has 0 unspecified atom stereocenters. The third kappa shape index (κ3) is 5.55. The van der Waals surface area contributed by atoms with Gasteiger partial charge in [-0.05, 0) is 48.7 Å². The highest BCUT2D eigenvalue weighted by atomic mass is 32.2. The average Bonchev–Trinajstić information content (AvgIpc) is 3.26. The maximum atomic E-state index is 13.4. The number of hydrogen-bond acceptors (Lipinski definition) is 6. The smallest absolute Gasteiger partial charge is 0.273 e. The summed E-state index contributed by atoms with van der Waals surface area (Å²) in [5.41, 5.74) is 2.67. The fourth-order valence-electron chi connectivity index (χ4n) is 3.11. The molecule has 0 aliphatic carbocycles. The predicted molar refractivity (Wildman–Crippen MR) is 120 cm³/mol. The van der Waals surface area contributed by atoms with E-state index in [1.807, 2.05) is 18.2 Å². The average molecular weight is 449 g/mol. The van der Waals surface area contributed by atoms with Crippen molar-refractivity contribution in [2.24, 2.45) is 0 Å². The van der Waals surface area contributed by atoms with E-state index in [-0.39, 0.29) is 17.4 Å². The molecular weight excluding hydrogens is 427 g/mol. The molecule has 9 heteroatoms. The van der Waals surface area contributed by atoms with Gasteiger partial charge >= 0.3 is 0 Å². The van der Waals surface area contributed by atoms with Gasteiger partial charge in [-0.1, -0.05) is 47.3 Å². The molecule has 1 N–H and O–H groups in total. The third-order valence-electron chi connectivity index (χ3n) is 4.70. The van der Waals surface area contributed by atoms with Crippen molar-refractivity contribution in [1.82, 2.24) is 30.3 Å². The zero-order valence-electron chi connectivity index (χ0n) is 17.2. The van der Waals surface area contributed by atoms with Crippen molar-refractivity contribution in [3.63, 3.8) is 0 Å². The van der Waals surface area contributed by atoms with Crippen LogP contribution in [0.5, 0.6) is 0 Å². The summed E-state index contributed by atoms with van der Waals surface area (Å²) >= 11 is 1.37. The lowest BCUT2D eigenvalue weighted by Crippen LogP contribution is -2.26. The zero-order chi connectivity index (χ0) is 22.2. The molecule has 0 saturated heterocycles. The molecule has 4 rings (SSSR count). The van der Waals surface area contributed by atoms with Crippen molar-refractivity contribution in [1.29, 1.82) is 0 Å². The summed E-state index contributed by atoms with van der Waals surface area (Å²) in [6.45, 7) is 0.519. The van der Waals surface area contributed by atoms with Gasteiger partial charge in [-0.2, -0.15) is 0 Å². The number of amides is 1. The van der Waals surface area contributed by atoms with Gasteiger partial charge in [0.2, 0.25) is 0 Å². The topological polar surface area (TPSA) is 85.6 Å². The quantitative estimate of drug-likeness (QED) is 0.238. The first-order valence-corrected chi connectivity index (χ1v) is 11.1. The van der Waals surface area contributed by atoms with E-state index in [1.54, 1.807) is 35.3 Å². The molecule has 32 heavy (non-hydrogen) atoms. The Hall–Kier alpha value is -3.59. The number of halogens is 1. The minimum Gasteiger partial charge on any atom is -0.351 e. The number of nitrogens with one attached hydrogen (secondary N) is 1. The summed E-state index contributed by atoms with van der Waals surface area (Å²) in [5.74, 6) is -0.267. The number of rotatable bonds is 9. The maximum absolute atomic E-state index is 13.4. The molecule has 7 nitrogen and oxygen atoms in total. The molecule has 0 saturated carbocycles. The van der Waals surface area contributed by atoms with Crippen molar-refractivity contribution in [2.45, 2.75) is 23.8 Å². The van der Waals surface area contributed by atoms with Gasteiger partial charge in [0.25, 0.3) is 5.91 Å². The van der Waals surface area contributed by atoms with Crippen LogP contribution in [0.2, 0.25) is 0 Å². The molecule has 2 aromatic heterocycles. The van der Waals surface area contributed by atoms with Crippen LogP contribution in [0.25, 0.3) is 5.69 Å². The minimum atomic E-state index is -0.348. The van der Waals surface area contributed by atoms with Crippen LogP contribution in [0, 0.1) is 5.82 Å². The molecule has 2 aromatic carbocycles. The number of aryl methyl sites for hydroxylation is 1. The molecule has 0 spiro atoms. The van der Waals surface area contributed by atoms with E-state index >= 15 is 0 Å². The molecule has 4 aromatic rings.